The smallest absolute Gasteiger partial charge is 0.345 e. The number of aromatic nitrogens is 3. The van der Waals surface area contributed by atoms with Crippen LogP contribution in [0.5, 0.6) is 0 Å². The van der Waals surface area contributed by atoms with Gasteiger partial charge in [0.05, 0.1) is 17.5 Å². The molecular weight excluding hydrogens is 411 g/mol. The molecule has 1 aliphatic rings. The maximum atomic E-state index is 13.6. The molecule has 1 N–H and O–H groups in total. The highest BCUT2D eigenvalue weighted by Crippen LogP contribution is 2.35. The van der Waals surface area contributed by atoms with E-state index < -0.39 is 35.2 Å². The Bertz CT molecular complexity index is 1180. The van der Waals surface area contributed by atoms with Crippen LogP contribution in [0.25, 0.3) is 22.2 Å². The average Bonchev–Trinajstić information content (AvgIpc) is 3.30. The molecule has 1 amide bonds. The van der Waals surface area contributed by atoms with Crippen molar-refractivity contribution in [3.05, 3.63) is 52.5 Å². The molecular formula is C19H15F5N4O2. The van der Waals surface area contributed by atoms with Gasteiger partial charge in [0.1, 0.15) is 30.5 Å². The number of fused-ring (bicyclic) bond motifs is 1. The van der Waals surface area contributed by atoms with E-state index in [0.29, 0.717) is 12.1 Å². The van der Waals surface area contributed by atoms with Gasteiger partial charge in [-0.25, -0.2) is 13.8 Å². The molecule has 0 aliphatic carbocycles. The summed E-state index contributed by atoms with van der Waals surface area (Å²) in [5.41, 5.74) is -1.93. The maximum absolute atomic E-state index is 13.6. The van der Waals surface area contributed by atoms with E-state index in [0.717, 1.165) is 17.0 Å². The van der Waals surface area contributed by atoms with Crippen molar-refractivity contribution in [3.63, 3.8) is 0 Å². The molecule has 158 valence electrons. The number of carbonyl (C=O) groups excluding carboxylic acids is 1. The van der Waals surface area contributed by atoms with Gasteiger partial charge in [-0.15, -0.1) is 0 Å². The highest BCUT2D eigenvalue weighted by molar-refractivity contribution is 5.93. The molecule has 1 fully saturated rings. The SMILES string of the molecule is O=C(Cn1cnc2[nH]cc(-c3ccc(F)c(C(F)(F)F)c3)c2c1=O)N1CCC(F)C1. The van der Waals surface area contributed by atoms with Gasteiger partial charge in [-0.3, -0.25) is 14.2 Å². The third-order valence-electron chi connectivity index (χ3n) is 5.03. The van der Waals surface area contributed by atoms with Crippen LogP contribution in [0, 0.1) is 5.82 Å². The van der Waals surface area contributed by atoms with Gasteiger partial charge in [-0.05, 0) is 24.1 Å². The lowest BCUT2D eigenvalue weighted by Crippen LogP contribution is -2.35. The molecule has 1 saturated heterocycles. The van der Waals surface area contributed by atoms with E-state index in [1.165, 1.54) is 11.1 Å². The number of carbonyl (C=O) groups is 1. The summed E-state index contributed by atoms with van der Waals surface area (Å²) in [6, 6.07) is 2.42. The first-order chi connectivity index (χ1) is 14.1. The summed E-state index contributed by atoms with van der Waals surface area (Å²) in [4.78, 5) is 33.3. The number of amides is 1. The monoisotopic (exact) mass is 426 g/mol. The molecule has 1 unspecified atom stereocenters. The minimum Gasteiger partial charge on any atom is -0.345 e. The van der Waals surface area contributed by atoms with Crippen LogP contribution in [0.4, 0.5) is 22.0 Å². The minimum atomic E-state index is -4.90. The summed E-state index contributed by atoms with van der Waals surface area (Å²) in [5.74, 6) is -1.89. The van der Waals surface area contributed by atoms with Crippen LogP contribution < -0.4 is 5.56 Å². The highest BCUT2D eigenvalue weighted by Gasteiger charge is 2.34. The Morgan fingerprint density at radius 2 is 2.07 bits per heavy atom. The largest absolute Gasteiger partial charge is 0.419 e. The van der Waals surface area contributed by atoms with Gasteiger partial charge in [0.15, 0.2) is 0 Å². The van der Waals surface area contributed by atoms with Gasteiger partial charge in [-0.2, -0.15) is 13.2 Å². The van der Waals surface area contributed by atoms with Gasteiger partial charge in [0.25, 0.3) is 5.56 Å². The Morgan fingerprint density at radius 3 is 2.73 bits per heavy atom. The molecule has 1 aromatic carbocycles. The quantitative estimate of drug-likeness (QED) is 0.655. The molecule has 1 atom stereocenters. The fourth-order valence-electron chi connectivity index (χ4n) is 3.49. The molecule has 30 heavy (non-hydrogen) atoms. The number of benzene rings is 1. The molecule has 3 heterocycles. The molecule has 1 aliphatic heterocycles. The van der Waals surface area contributed by atoms with Crippen molar-refractivity contribution in [3.8, 4) is 11.1 Å². The van der Waals surface area contributed by atoms with Gasteiger partial charge in [-0.1, -0.05) is 6.07 Å². The standard InChI is InChI=1S/C19H15F5N4O2/c20-11-3-4-27(7-11)15(29)8-28-9-26-17-16(18(28)30)12(6-25-17)10-1-2-14(21)13(5-10)19(22,23)24/h1-2,5-6,9,11,25H,3-4,7-8H2. The van der Waals surface area contributed by atoms with E-state index in [1.54, 1.807) is 0 Å². The van der Waals surface area contributed by atoms with Crippen molar-refractivity contribution >= 4 is 16.9 Å². The first-order valence-electron chi connectivity index (χ1n) is 9.00. The van der Waals surface area contributed by atoms with Crippen LogP contribution in [0.1, 0.15) is 12.0 Å². The summed E-state index contributed by atoms with van der Waals surface area (Å²) < 4.78 is 67.1. The molecule has 0 bridgehead atoms. The lowest BCUT2D eigenvalue weighted by Gasteiger charge is -2.15. The van der Waals surface area contributed by atoms with E-state index in [2.05, 4.69) is 9.97 Å². The van der Waals surface area contributed by atoms with Gasteiger partial charge in [0, 0.05) is 18.3 Å². The molecule has 0 saturated carbocycles. The Kier molecular flexibility index (Phi) is 4.83. The first-order valence-corrected chi connectivity index (χ1v) is 9.00. The zero-order valence-corrected chi connectivity index (χ0v) is 15.3. The molecule has 3 aromatic rings. The van der Waals surface area contributed by atoms with E-state index in [9.17, 15) is 31.5 Å². The number of halogens is 5. The van der Waals surface area contributed by atoms with Gasteiger partial charge in [0.2, 0.25) is 5.91 Å². The lowest BCUT2D eigenvalue weighted by atomic mass is 10.0. The molecule has 2 aromatic heterocycles. The van der Waals surface area contributed by atoms with Crippen LogP contribution in [0.15, 0.2) is 35.5 Å². The Labute approximate surface area is 165 Å². The predicted molar refractivity (Wildman–Crippen MR) is 96.8 cm³/mol. The Balaban J connectivity index is 1.74. The number of alkyl halides is 4. The number of nitrogens with zero attached hydrogens (tertiary/aromatic N) is 3. The third-order valence-corrected chi connectivity index (χ3v) is 5.03. The van der Waals surface area contributed by atoms with Crippen molar-refractivity contribution in [1.82, 2.24) is 19.4 Å². The summed E-state index contributed by atoms with van der Waals surface area (Å²) in [6.45, 7) is -0.180. The third kappa shape index (κ3) is 3.55. The van der Waals surface area contributed by atoms with Gasteiger partial charge >= 0.3 is 6.18 Å². The van der Waals surface area contributed by atoms with Crippen molar-refractivity contribution < 1.29 is 26.7 Å². The first kappa shape index (κ1) is 20.0. The average molecular weight is 426 g/mol. The number of nitrogens with one attached hydrogen (secondary N) is 1. The summed E-state index contributed by atoms with van der Waals surface area (Å²) in [7, 11) is 0. The second-order valence-corrected chi connectivity index (χ2v) is 7.02. The highest BCUT2D eigenvalue weighted by atomic mass is 19.4. The number of aromatic amines is 1. The van der Waals surface area contributed by atoms with Crippen LogP contribution in [0.3, 0.4) is 0 Å². The molecule has 0 spiro atoms. The Morgan fingerprint density at radius 1 is 1.30 bits per heavy atom. The van der Waals surface area contributed by atoms with E-state index in [4.69, 9.17) is 0 Å². The van der Waals surface area contributed by atoms with Crippen LogP contribution in [0.2, 0.25) is 0 Å². The van der Waals surface area contributed by atoms with Crippen molar-refractivity contribution in [2.24, 2.45) is 0 Å². The fraction of sp³-hybridized carbons (Fsp3) is 0.316. The summed E-state index contributed by atoms with van der Waals surface area (Å²) >= 11 is 0. The molecule has 4 rings (SSSR count). The minimum absolute atomic E-state index is 0.0298. The zero-order chi connectivity index (χ0) is 21.6. The number of hydrogen-bond donors (Lipinski definition) is 1. The molecule has 6 nitrogen and oxygen atoms in total. The van der Waals surface area contributed by atoms with Crippen LogP contribution >= 0.6 is 0 Å². The fourth-order valence-corrected chi connectivity index (χ4v) is 3.49. The van der Waals surface area contributed by atoms with Crippen LogP contribution in [-0.2, 0) is 17.5 Å². The summed E-state index contributed by atoms with van der Waals surface area (Å²) in [5, 5.41) is -0.0326. The maximum Gasteiger partial charge on any atom is 0.419 e. The number of hydrogen-bond acceptors (Lipinski definition) is 3. The Hall–Kier alpha value is -3.24. The van der Waals surface area contributed by atoms with Crippen molar-refractivity contribution in [2.75, 3.05) is 13.1 Å². The number of likely N-dealkylation sites (tertiary alicyclic amines) is 1. The number of H-pyrrole nitrogens is 1. The lowest BCUT2D eigenvalue weighted by molar-refractivity contribution is -0.140. The second kappa shape index (κ2) is 7.22. The zero-order valence-electron chi connectivity index (χ0n) is 15.3. The van der Waals surface area contributed by atoms with Gasteiger partial charge < -0.3 is 9.88 Å². The summed E-state index contributed by atoms with van der Waals surface area (Å²) in [6.07, 6.45) is -3.35. The topological polar surface area (TPSA) is 71.0 Å². The number of rotatable bonds is 3. The van der Waals surface area contributed by atoms with Crippen molar-refractivity contribution in [1.29, 1.82) is 0 Å². The molecule has 0 radical (unpaired) electrons. The molecule has 11 heteroatoms. The van der Waals surface area contributed by atoms with Crippen LogP contribution in [-0.4, -0.2) is 44.6 Å². The predicted octanol–water partition coefficient (Wildman–Crippen LogP) is 3.12. The normalized spacial score (nSPS) is 17.1. The van der Waals surface area contributed by atoms with E-state index in [1.807, 2.05) is 0 Å². The van der Waals surface area contributed by atoms with E-state index in [-0.39, 0.29) is 48.2 Å². The van der Waals surface area contributed by atoms with E-state index >= 15 is 0 Å². The second-order valence-electron chi connectivity index (χ2n) is 7.02. The van der Waals surface area contributed by atoms with Crippen molar-refractivity contribution in [2.45, 2.75) is 25.3 Å².